The third-order valence-electron chi connectivity index (χ3n) is 3.01. The minimum atomic E-state index is -0.907. The molecule has 1 fully saturated rings. The maximum Gasteiger partial charge on any atom is 0.315 e. The molecule has 0 aromatic rings. The first-order chi connectivity index (χ1) is 8.49. The van der Waals surface area contributed by atoms with Crippen molar-refractivity contribution < 1.29 is 19.4 Å². The Labute approximate surface area is 107 Å². The summed E-state index contributed by atoms with van der Waals surface area (Å²) >= 11 is 0. The SMILES string of the molecule is CC(C)C(CC(=O)O)NC(=O)NC1CCCOC1. The summed E-state index contributed by atoms with van der Waals surface area (Å²) in [4.78, 5) is 22.4. The van der Waals surface area contributed by atoms with E-state index in [1.165, 1.54) is 0 Å². The second-order valence-corrected chi connectivity index (χ2v) is 4.98. The maximum absolute atomic E-state index is 11.7. The Bertz CT molecular complexity index is 288. The van der Waals surface area contributed by atoms with Crippen LogP contribution in [0, 0.1) is 5.92 Å². The standard InChI is InChI=1S/C12H22N2O4/c1-8(2)10(6-11(15)16)14-12(17)13-9-4-3-5-18-7-9/h8-10H,3-7H2,1-2H3,(H,15,16)(H2,13,14,17). The summed E-state index contributed by atoms with van der Waals surface area (Å²) in [6, 6.07) is -0.645. The fourth-order valence-corrected chi connectivity index (χ4v) is 1.89. The highest BCUT2D eigenvalue weighted by molar-refractivity contribution is 5.76. The van der Waals surface area contributed by atoms with Gasteiger partial charge in [-0.15, -0.1) is 0 Å². The van der Waals surface area contributed by atoms with E-state index in [9.17, 15) is 9.59 Å². The maximum atomic E-state index is 11.7. The largest absolute Gasteiger partial charge is 0.481 e. The number of hydrogen-bond acceptors (Lipinski definition) is 3. The predicted molar refractivity (Wildman–Crippen MR) is 66.4 cm³/mol. The summed E-state index contributed by atoms with van der Waals surface area (Å²) in [5, 5.41) is 14.3. The molecule has 6 nitrogen and oxygen atoms in total. The summed E-state index contributed by atoms with van der Waals surface area (Å²) in [5.74, 6) is -0.829. The van der Waals surface area contributed by atoms with Gasteiger partial charge in [-0.1, -0.05) is 13.8 Å². The van der Waals surface area contributed by atoms with E-state index in [1.54, 1.807) is 0 Å². The second kappa shape index (κ2) is 7.20. The van der Waals surface area contributed by atoms with Crippen LogP contribution in [0.15, 0.2) is 0 Å². The average molecular weight is 258 g/mol. The third-order valence-corrected chi connectivity index (χ3v) is 3.01. The highest BCUT2D eigenvalue weighted by Crippen LogP contribution is 2.08. The number of ether oxygens (including phenoxy) is 1. The molecule has 2 amide bonds. The zero-order valence-electron chi connectivity index (χ0n) is 10.9. The lowest BCUT2D eigenvalue weighted by molar-refractivity contribution is -0.137. The van der Waals surface area contributed by atoms with Crippen LogP contribution in [0.5, 0.6) is 0 Å². The Kier molecular flexibility index (Phi) is 5.91. The number of urea groups is 1. The number of hydrogen-bond donors (Lipinski definition) is 3. The Hall–Kier alpha value is -1.30. The lowest BCUT2D eigenvalue weighted by Gasteiger charge is -2.26. The molecule has 3 N–H and O–H groups in total. The molecule has 6 heteroatoms. The highest BCUT2D eigenvalue weighted by Gasteiger charge is 2.21. The Morgan fingerprint density at radius 1 is 1.44 bits per heavy atom. The van der Waals surface area contributed by atoms with Crippen LogP contribution >= 0.6 is 0 Å². The monoisotopic (exact) mass is 258 g/mol. The summed E-state index contributed by atoms with van der Waals surface area (Å²) < 4.78 is 5.26. The lowest BCUT2D eigenvalue weighted by Crippen LogP contribution is -2.50. The number of carboxylic acid groups (broad SMARTS) is 1. The van der Waals surface area contributed by atoms with Crippen molar-refractivity contribution in [2.24, 2.45) is 5.92 Å². The quantitative estimate of drug-likeness (QED) is 0.685. The lowest BCUT2D eigenvalue weighted by atomic mass is 10.0. The fourth-order valence-electron chi connectivity index (χ4n) is 1.89. The van der Waals surface area contributed by atoms with Crippen molar-refractivity contribution in [3.05, 3.63) is 0 Å². The summed E-state index contributed by atoms with van der Waals surface area (Å²) in [7, 11) is 0. The molecule has 1 saturated heterocycles. The number of nitrogens with one attached hydrogen (secondary N) is 2. The molecule has 0 aliphatic carbocycles. The molecule has 104 valence electrons. The fraction of sp³-hybridized carbons (Fsp3) is 0.833. The van der Waals surface area contributed by atoms with Gasteiger partial charge < -0.3 is 20.5 Å². The number of carbonyl (C=O) groups excluding carboxylic acids is 1. The second-order valence-electron chi connectivity index (χ2n) is 4.98. The van der Waals surface area contributed by atoms with Crippen LogP contribution in [-0.4, -0.2) is 42.4 Å². The molecule has 0 bridgehead atoms. The molecule has 1 rings (SSSR count). The van der Waals surface area contributed by atoms with Gasteiger partial charge in [0.05, 0.1) is 19.1 Å². The molecular formula is C12H22N2O4. The van der Waals surface area contributed by atoms with Crippen LogP contribution in [0.25, 0.3) is 0 Å². The minimum absolute atomic E-state index is 0.0244. The zero-order chi connectivity index (χ0) is 13.5. The topological polar surface area (TPSA) is 87.7 Å². The molecule has 2 unspecified atom stereocenters. The molecule has 0 aromatic carbocycles. The van der Waals surface area contributed by atoms with Gasteiger partial charge in [0, 0.05) is 12.6 Å². The number of aliphatic carboxylic acids is 1. The number of amides is 2. The van der Waals surface area contributed by atoms with Crippen molar-refractivity contribution in [1.82, 2.24) is 10.6 Å². The van der Waals surface area contributed by atoms with Gasteiger partial charge in [0.25, 0.3) is 0 Å². The molecule has 2 atom stereocenters. The van der Waals surface area contributed by atoms with Gasteiger partial charge in [0.1, 0.15) is 0 Å². The number of carbonyl (C=O) groups is 2. The van der Waals surface area contributed by atoms with E-state index in [1.807, 2.05) is 13.8 Å². The number of rotatable bonds is 5. The van der Waals surface area contributed by atoms with Gasteiger partial charge in [0.2, 0.25) is 0 Å². The van der Waals surface area contributed by atoms with Crippen molar-refractivity contribution in [2.45, 2.75) is 45.2 Å². The molecule has 0 radical (unpaired) electrons. The van der Waals surface area contributed by atoms with Gasteiger partial charge in [0.15, 0.2) is 0 Å². The van der Waals surface area contributed by atoms with Gasteiger partial charge in [-0.3, -0.25) is 4.79 Å². The molecule has 1 heterocycles. The van der Waals surface area contributed by atoms with Gasteiger partial charge in [-0.2, -0.15) is 0 Å². The number of carboxylic acids is 1. The first-order valence-corrected chi connectivity index (χ1v) is 6.35. The van der Waals surface area contributed by atoms with Crippen LogP contribution < -0.4 is 10.6 Å². The molecule has 0 saturated carbocycles. The average Bonchev–Trinajstić information content (AvgIpc) is 2.28. The first-order valence-electron chi connectivity index (χ1n) is 6.35. The summed E-state index contributed by atoms with van der Waals surface area (Å²) in [5.41, 5.74) is 0. The van der Waals surface area contributed by atoms with Crippen LogP contribution in [0.1, 0.15) is 33.1 Å². The molecule has 1 aliphatic heterocycles. The molecule has 18 heavy (non-hydrogen) atoms. The Morgan fingerprint density at radius 3 is 2.67 bits per heavy atom. The first kappa shape index (κ1) is 14.8. The minimum Gasteiger partial charge on any atom is -0.481 e. The van der Waals surface area contributed by atoms with Gasteiger partial charge >= 0.3 is 12.0 Å². The van der Waals surface area contributed by atoms with Crippen LogP contribution in [0.4, 0.5) is 4.79 Å². The summed E-state index contributed by atoms with van der Waals surface area (Å²) in [6.45, 7) is 5.04. The van der Waals surface area contributed by atoms with Crippen molar-refractivity contribution in [1.29, 1.82) is 0 Å². The van der Waals surface area contributed by atoms with E-state index in [4.69, 9.17) is 9.84 Å². The van der Waals surface area contributed by atoms with E-state index in [-0.39, 0.29) is 30.5 Å². The molecular weight excluding hydrogens is 236 g/mol. The molecule has 1 aliphatic rings. The van der Waals surface area contributed by atoms with E-state index < -0.39 is 5.97 Å². The third kappa shape index (κ3) is 5.35. The Morgan fingerprint density at radius 2 is 2.17 bits per heavy atom. The van der Waals surface area contributed by atoms with Crippen LogP contribution in [0.3, 0.4) is 0 Å². The van der Waals surface area contributed by atoms with Gasteiger partial charge in [-0.05, 0) is 18.8 Å². The highest BCUT2D eigenvalue weighted by atomic mass is 16.5. The predicted octanol–water partition coefficient (Wildman–Crippen LogP) is 0.964. The van der Waals surface area contributed by atoms with E-state index in [0.29, 0.717) is 6.61 Å². The van der Waals surface area contributed by atoms with Crippen molar-refractivity contribution in [2.75, 3.05) is 13.2 Å². The van der Waals surface area contributed by atoms with Crippen molar-refractivity contribution >= 4 is 12.0 Å². The van der Waals surface area contributed by atoms with Crippen molar-refractivity contribution in [3.63, 3.8) is 0 Å². The molecule has 0 aromatic heterocycles. The Balaban J connectivity index is 2.37. The normalized spacial score (nSPS) is 21.4. The van der Waals surface area contributed by atoms with E-state index in [0.717, 1.165) is 19.4 Å². The zero-order valence-corrected chi connectivity index (χ0v) is 10.9. The van der Waals surface area contributed by atoms with E-state index >= 15 is 0 Å². The summed E-state index contributed by atoms with van der Waals surface area (Å²) in [6.07, 6.45) is 1.78. The van der Waals surface area contributed by atoms with Gasteiger partial charge in [-0.25, -0.2) is 4.79 Å². The van der Waals surface area contributed by atoms with Crippen molar-refractivity contribution in [3.8, 4) is 0 Å². The van der Waals surface area contributed by atoms with Crippen LogP contribution in [0.2, 0.25) is 0 Å². The smallest absolute Gasteiger partial charge is 0.315 e. The van der Waals surface area contributed by atoms with Crippen LogP contribution in [-0.2, 0) is 9.53 Å². The van der Waals surface area contributed by atoms with E-state index in [2.05, 4.69) is 10.6 Å². The molecule has 0 spiro atoms.